The molecule has 4 rings (SSSR count). The predicted octanol–water partition coefficient (Wildman–Crippen LogP) is 1.48. The second kappa shape index (κ2) is 8.89. The molecule has 9 heteroatoms. The second-order valence-electron chi connectivity index (χ2n) is 7.79. The number of likely N-dealkylation sites (N-methyl/N-ethyl adjacent to an activating group) is 1. The smallest absolute Gasteiger partial charge is 0.293 e. The molecule has 31 heavy (non-hydrogen) atoms. The molecule has 1 amide bonds. The van der Waals surface area contributed by atoms with Crippen molar-refractivity contribution in [3.8, 4) is 17.0 Å². The van der Waals surface area contributed by atoms with Crippen molar-refractivity contribution >= 4 is 11.4 Å². The standard InChI is InChI=1S/C22H28N6O3/c1-4-26-11-5-6-17(26)13-23-21(29)14-27-22(30)20-12-19(25-28(20)15(2)24-27)16-7-9-18(31-3)10-8-16/h7-10,12,17H,4-6,11,13-14H2,1-3H3,(H,23,29). The van der Waals surface area contributed by atoms with Gasteiger partial charge in [-0.2, -0.15) is 10.2 Å². The van der Waals surface area contributed by atoms with Crippen molar-refractivity contribution in [3.63, 3.8) is 0 Å². The van der Waals surface area contributed by atoms with E-state index in [2.05, 4.69) is 27.3 Å². The van der Waals surface area contributed by atoms with Crippen LogP contribution in [0, 0.1) is 6.92 Å². The number of hydrogen-bond acceptors (Lipinski definition) is 6. The van der Waals surface area contributed by atoms with Crippen molar-refractivity contribution in [3.05, 3.63) is 46.5 Å². The summed E-state index contributed by atoms with van der Waals surface area (Å²) in [7, 11) is 1.61. The van der Waals surface area contributed by atoms with Crippen LogP contribution in [-0.2, 0) is 11.3 Å². The van der Waals surface area contributed by atoms with Gasteiger partial charge in [0.05, 0.1) is 12.8 Å². The fraction of sp³-hybridized carbons (Fsp3) is 0.455. The Bertz CT molecular complexity index is 1130. The number of nitrogens with zero attached hydrogens (tertiary/aromatic N) is 5. The van der Waals surface area contributed by atoms with Crippen LogP contribution in [0.1, 0.15) is 25.6 Å². The molecule has 0 aliphatic carbocycles. The van der Waals surface area contributed by atoms with Gasteiger partial charge in [0.25, 0.3) is 5.56 Å². The summed E-state index contributed by atoms with van der Waals surface area (Å²) in [6, 6.07) is 9.55. The lowest BCUT2D eigenvalue weighted by molar-refractivity contribution is -0.122. The Morgan fingerprint density at radius 2 is 2.03 bits per heavy atom. The quantitative estimate of drug-likeness (QED) is 0.617. The molecule has 3 aromatic rings. The van der Waals surface area contributed by atoms with Gasteiger partial charge in [0.15, 0.2) is 0 Å². The summed E-state index contributed by atoms with van der Waals surface area (Å²) >= 11 is 0. The zero-order chi connectivity index (χ0) is 22.0. The lowest BCUT2D eigenvalue weighted by Gasteiger charge is -2.22. The maximum atomic E-state index is 13.0. The summed E-state index contributed by atoms with van der Waals surface area (Å²) in [4.78, 5) is 27.8. The summed E-state index contributed by atoms with van der Waals surface area (Å²) in [5.41, 5.74) is 1.57. The number of ether oxygens (including phenoxy) is 1. The molecule has 1 fully saturated rings. The summed E-state index contributed by atoms with van der Waals surface area (Å²) in [6.45, 7) is 6.44. The zero-order valence-electron chi connectivity index (χ0n) is 18.2. The van der Waals surface area contributed by atoms with Crippen LogP contribution in [0.15, 0.2) is 35.1 Å². The highest BCUT2D eigenvalue weighted by Gasteiger charge is 2.23. The molecule has 1 saturated heterocycles. The minimum atomic E-state index is -0.343. The topological polar surface area (TPSA) is 93.8 Å². The number of fused-ring (bicyclic) bond motifs is 1. The van der Waals surface area contributed by atoms with Crippen LogP contribution < -0.4 is 15.6 Å². The number of aryl methyl sites for hydroxylation is 1. The molecule has 1 atom stereocenters. The van der Waals surface area contributed by atoms with E-state index in [1.54, 1.807) is 20.1 Å². The van der Waals surface area contributed by atoms with E-state index in [1.165, 1.54) is 9.20 Å². The Labute approximate surface area is 180 Å². The number of rotatable bonds is 7. The van der Waals surface area contributed by atoms with E-state index in [-0.39, 0.29) is 18.0 Å². The number of carbonyl (C=O) groups is 1. The Morgan fingerprint density at radius 3 is 2.74 bits per heavy atom. The largest absolute Gasteiger partial charge is 0.497 e. The van der Waals surface area contributed by atoms with Crippen LogP contribution in [0.2, 0.25) is 0 Å². The highest BCUT2D eigenvalue weighted by atomic mass is 16.5. The van der Waals surface area contributed by atoms with E-state index in [0.717, 1.165) is 37.2 Å². The number of carbonyl (C=O) groups excluding carboxylic acids is 1. The molecule has 1 aliphatic heterocycles. The van der Waals surface area contributed by atoms with Crippen LogP contribution in [0.25, 0.3) is 16.8 Å². The minimum absolute atomic E-state index is 0.113. The SMILES string of the molecule is CCN1CCCC1CNC(=O)Cn1nc(C)n2nc(-c3ccc(OC)cc3)cc2c1=O. The summed E-state index contributed by atoms with van der Waals surface area (Å²) in [6.07, 6.45) is 2.24. The van der Waals surface area contributed by atoms with Crippen LogP contribution in [0.4, 0.5) is 0 Å². The predicted molar refractivity (Wildman–Crippen MR) is 117 cm³/mol. The van der Waals surface area contributed by atoms with E-state index in [4.69, 9.17) is 4.74 Å². The normalized spacial score (nSPS) is 16.7. The maximum Gasteiger partial charge on any atom is 0.293 e. The summed E-state index contributed by atoms with van der Waals surface area (Å²) < 4.78 is 7.93. The lowest BCUT2D eigenvalue weighted by atomic mass is 10.1. The molecule has 1 aromatic carbocycles. The highest BCUT2D eigenvalue weighted by molar-refractivity contribution is 5.75. The van der Waals surface area contributed by atoms with E-state index in [1.807, 2.05) is 24.3 Å². The zero-order valence-corrected chi connectivity index (χ0v) is 18.2. The van der Waals surface area contributed by atoms with Crippen molar-refractivity contribution < 1.29 is 9.53 Å². The molecular formula is C22H28N6O3. The van der Waals surface area contributed by atoms with Gasteiger partial charge in [-0.15, -0.1) is 0 Å². The van der Waals surface area contributed by atoms with Gasteiger partial charge < -0.3 is 10.1 Å². The number of nitrogens with one attached hydrogen (secondary N) is 1. The third-order valence-electron chi connectivity index (χ3n) is 5.85. The Hall–Kier alpha value is -3.20. The third-order valence-corrected chi connectivity index (χ3v) is 5.85. The molecule has 9 nitrogen and oxygen atoms in total. The Balaban J connectivity index is 1.52. The molecule has 1 aliphatic rings. The average Bonchev–Trinajstić information content (AvgIpc) is 3.43. The van der Waals surface area contributed by atoms with Crippen molar-refractivity contribution in [1.82, 2.24) is 29.6 Å². The van der Waals surface area contributed by atoms with Gasteiger partial charge in [-0.05, 0) is 63.2 Å². The van der Waals surface area contributed by atoms with Crippen LogP contribution >= 0.6 is 0 Å². The fourth-order valence-corrected chi connectivity index (χ4v) is 4.15. The lowest BCUT2D eigenvalue weighted by Crippen LogP contribution is -2.42. The number of amides is 1. The number of likely N-dealkylation sites (tertiary alicyclic amines) is 1. The first-order chi connectivity index (χ1) is 15.0. The van der Waals surface area contributed by atoms with Gasteiger partial charge in [0, 0.05) is 18.2 Å². The molecule has 1 N–H and O–H groups in total. The molecule has 164 valence electrons. The molecule has 0 bridgehead atoms. The van der Waals surface area contributed by atoms with E-state index in [9.17, 15) is 9.59 Å². The van der Waals surface area contributed by atoms with Gasteiger partial charge in [-0.25, -0.2) is 9.20 Å². The first kappa shape index (κ1) is 21.0. The molecule has 0 radical (unpaired) electrons. The van der Waals surface area contributed by atoms with Gasteiger partial charge >= 0.3 is 0 Å². The van der Waals surface area contributed by atoms with Gasteiger partial charge in [0.1, 0.15) is 23.6 Å². The highest BCUT2D eigenvalue weighted by Crippen LogP contribution is 2.22. The van der Waals surface area contributed by atoms with Crippen LogP contribution in [0.5, 0.6) is 5.75 Å². The molecular weight excluding hydrogens is 396 g/mol. The first-order valence-corrected chi connectivity index (χ1v) is 10.6. The molecule has 0 spiro atoms. The Kier molecular flexibility index (Phi) is 6.03. The maximum absolute atomic E-state index is 13.0. The Morgan fingerprint density at radius 1 is 1.26 bits per heavy atom. The fourth-order valence-electron chi connectivity index (χ4n) is 4.15. The van der Waals surface area contributed by atoms with Crippen molar-refractivity contribution in [2.24, 2.45) is 0 Å². The molecule has 0 saturated carbocycles. The van der Waals surface area contributed by atoms with E-state index >= 15 is 0 Å². The van der Waals surface area contributed by atoms with E-state index in [0.29, 0.717) is 29.6 Å². The summed E-state index contributed by atoms with van der Waals surface area (Å²) in [5, 5.41) is 11.8. The van der Waals surface area contributed by atoms with Crippen molar-refractivity contribution in [2.75, 3.05) is 26.7 Å². The molecule has 2 aromatic heterocycles. The van der Waals surface area contributed by atoms with Gasteiger partial charge in [-0.3, -0.25) is 14.5 Å². The summed E-state index contributed by atoms with van der Waals surface area (Å²) in [5.74, 6) is 1.07. The van der Waals surface area contributed by atoms with Crippen molar-refractivity contribution in [1.29, 1.82) is 0 Å². The second-order valence-corrected chi connectivity index (χ2v) is 7.79. The first-order valence-electron chi connectivity index (χ1n) is 10.6. The number of methoxy groups -OCH3 is 1. The molecule has 3 heterocycles. The van der Waals surface area contributed by atoms with Crippen LogP contribution in [0.3, 0.4) is 0 Å². The van der Waals surface area contributed by atoms with E-state index < -0.39 is 0 Å². The molecule has 1 unspecified atom stereocenters. The monoisotopic (exact) mass is 424 g/mol. The number of hydrogen-bond donors (Lipinski definition) is 1. The van der Waals surface area contributed by atoms with Gasteiger partial charge in [-0.1, -0.05) is 6.92 Å². The van der Waals surface area contributed by atoms with Crippen LogP contribution in [-0.4, -0.2) is 63.0 Å². The average molecular weight is 425 g/mol. The minimum Gasteiger partial charge on any atom is -0.497 e. The third kappa shape index (κ3) is 4.32. The van der Waals surface area contributed by atoms with Gasteiger partial charge in [0.2, 0.25) is 5.91 Å². The number of benzene rings is 1. The van der Waals surface area contributed by atoms with Crippen molar-refractivity contribution in [2.45, 2.75) is 39.3 Å². The number of aromatic nitrogens is 4.